The van der Waals surface area contributed by atoms with Gasteiger partial charge < -0.3 is 5.32 Å². The molecule has 1 fully saturated rings. The first-order valence-corrected chi connectivity index (χ1v) is 7.12. The Morgan fingerprint density at radius 3 is 2.63 bits per heavy atom. The molecule has 1 aromatic rings. The van der Waals surface area contributed by atoms with E-state index in [1.54, 1.807) is 6.07 Å². The standard InChI is InChI=1S/C13H15BrN2O3/c14-11-7-6-9(8-12(11)16(18)19)13(17)15-10-4-2-1-3-5-10/h6-8,10H,1-5H2,(H,15,17). The molecule has 0 aromatic heterocycles. The zero-order valence-electron chi connectivity index (χ0n) is 10.4. The van der Waals surface area contributed by atoms with Crippen LogP contribution in [0.5, 0.6) is 0 Å². The average molecular weight is 327 g/mol. The number of halogens is 1. The van der Waals surface area contributed by atoms with Gasteiger partial charge in [0.2, 0.25) is 0 Å². The predicted octanol–water partition coefficient (Wildman–Crippen LogP) is 3.42. The highest BCUT2D eigenvalue weighted by Gasteiger charge is 2.19. The minimum Gasteiger partial charge on any atom is -0.349 e. The molecule has 1 N–H and O–H groups in total. The van der Waals surface area contributed by atoms with Crippen LogP contribution in [0.25, 0.3) is 0 Å². The van der Waals surface area contributed by atoms with Crippen LogP contribution < -0.4 is 5.32 Å². The molecule has 5 nitrogen and oxygen atoms in total. The third-order valence-electron chi connectivity index (χ3n) is 3.35. The van der Waals surface area contributed by atoms with Gasteiger partial charge in [0.15, 0.2) is 0 Å². The fourth-order valence-corrected chi connectivity index (χ4v) is 2.70. The molecule has 0 atom stereocenters. The van der Waals surface area contributed by atoms with Crippen LogP contribution in [0, 0.1) is 10.1 Å². The van der Waals surface area contributed by atoms with Crippen LogP contribution in [0.15, 0.2) is 22.7 Å². The molecule has 1 aliphatic carbocycles. The summed E-state index contributed by atoms with van der Waals surface area (Å²) in [7, 11) is 0. The first-order chi connectivity index (χ1) is 9.08. The van der Waals surface area contributed by atoms with Gasteiger partial charge in [-0.2, -0.15) is 0 Å². The summed E-state index contributed by atoms with van der Waals surface area (Å²) in [6.45, 7) is 0. The summed E-state index contributed by atoms with van der Waals surface area (Å²) in [5, 5.41) is 13.8. The molecule has 1 saturated carbocycles. The maximum absolute atomic E-state index is 12.0. The first kappa shape index (κ1) is 14.0. The number of hydrogen-bond acceptors (Lipinski definition) is 3. The van der Waals surface area contributed by atoms with E-state index in [1.807, 2.05) is 0 Å². The minimum atomic E-state index is -0.499. The van der Waals surface area contributed by atoms with Crippen molar-refractivity contribution in [2.45, 2.75) is 38.1 Å². The Kier molecular flexibility index (Phi) is 4.52. The van der Waals surface area contributed by atoms with Gasteiger partial charge in [-0.1, -0.05) is 19.3 Å². The Morgan fingerprint density at radius 2 is 2.00 bits per heavy atom. The van der Waals surface area contributed by atoms with Crippen molar-refractivity contribution < 1.29 is 9.72 Å². The number of nitrogens with zero attached hydrogens (tertiary/aromatic N) is 1. The number of rotatable bonds is 3. The number of carbonyl (C=O) groups excluding carboxylic acids is 1. The van der Waals surface area contributed by atoms with Gasteiger partial charge in [0, 0.05) is 17.7 Å². The molecule has 0 aliphatic heterocycles. The van der Waals surface area contributed by atoms with Crippen LogP contribution in [0.3, 0.4) is 0 Å². The zero-order chi connectivity index (χ0) is 13.8. The Balaban J connectivity index is 2.10. The van der Waals surface area contributed by atoms with Crippen LogP contribution in [-0.2, 0) is 0 Å². The molecule has 19 heavy (non-hydrogen) atoms. The van der Waals surface area contributed by atoms with E-state index in [9.17, 15) is 14.9 Å². The lowest BCUT2D eigenvalue weighted by Crippen LogP contribution is -2.36. The fourth-order valence-electron chi connectivity index (χ4n) is 2.31. The summed E-state index contributed by atoms with van der Waals surface area (Å²) in [6.07, 6.45) is 5.46. The van der Waals surface area contributed by atoms with Crippen molar-refractivity contribution in [1.29, 1.82) is 0 Å². The van der Waals surface area contributed by atoms with Gasteiger partial charge in [0.1, 0.15) is 0 Å². The van der Waals surface area contributed by atoms with Crippen molar-refractivity contribution in [3.8, 4) is 0 Å². The number of amides is 1. The molecule has 0 bridgehead atoms. The second kappa shape index (κ2) is 6.14. The number of nitro groups is 1. The molecule has 2 rings (SSSR count). The predicted molar refractivity (Wildman–Crippen MR) is 75.1 cm³/mol. The third kappa shape index (κ3) is 3.53. The smallest absolute Gasteiger partial charge is 0.284 e. The lowest BCUT2D eigenvalue weighted by Gasteiger charge is -2.22. The normalized spacial score (nSPS) is 16.1. The summed E-state index contributed by atoms with van der Waals surface area (Å²) in [6, 6.07) is 4.63. The SMILES string of the molecule is O=C(NC1CCCCC1)c1ccc(Br)c([N+](=O)[O-])c1. The second-order valence-electron chi connectivity index (χ2n) is 4.73. The molecule has 0 radical (unpaired) electrons. The molecule has 0 spiro atoms. The van der Waals surface area contributed by atoms with E-state index in [0.29, 0.717) is 10.0 Å². The Morgan fingerprint density at radius 1 is 1.32 bits per heavy atom. The van der Waals surface area contributed by atoms with Crippen molar-refractivity contribution in [2.24, 2.45) is 0 Å². The quantitative estimate of drug-likeness (QED) is 0.683. The van der Waals surface area contributed by atoms with E-state index in [1.165, 1.54) is 18.6 Å². The van der Waals surface area contributed by atoms with Crippen molar-refractivity contribution in [3.05, 3.63) is 38.3 Å². The van der Waals surface area contributed by atoms with Gasteiger partial charge in [-0.3, -0.25) is 14.9 Å². The molecule has 102 valence electrons. The number of carbonyl (C=O) groups is 1. The van der Waals surface area contributed by atoms with Gasteiger partial charge in [-0.05, 0) is 40.9 Å². The Bertz CT molecular complexity index is 499. The van der Waals surface area contributed by atoms with Crippen molar-refractivity contribution >= 4 is 27.5 Å². The van der Waals surface area contributed by atoms with Crippen LogP contribution in [0.1, 0.15) is 42.5 Å². The number of benzene rings is 1. The minimum absolute atomic E-state index is 0.0868. The molecule has 0 saturated heterocycles. The lowest BCUT2D eigenvalue weighted by molar-refractivity contribution is -0.385. The lowest BCUT2D eigenvalue weighted by atomic mass is 9.95. The Labute approximate surface area is 119 Å². The number of nitrogens with one attached hydrogen (secondary N) is 1. The summed E-state index contributed by atoms with van der Waals surface area (Å²) in [5.41, 5.74) is 0.247. The second-order valence-corrected chi connectivity index (χ2v) is 5.59. The summed E-state index contributed by atoms with van der Waals surface area (Å²) >= 11 is 3.11. The van der Waals surface area contributed by atoms with Gasteiger partial charge in [-0.25, -0.2) is 0 Å². The number of nitro benzene ring substituents is 1. The highest BCUT2D eigenvalue weighted by molar-refractivity contribution is 9.10. The molecule has 0 unspecified atom stereocenters. The van der Waals surface area contributed by atoms with Crippen LogP contribution in [0.2, 0.25) is 0 Å². The van der Waals surface area contributed by atoms with E-state index in [2.05, 4.69) is 21.2 Å². The average Bonchev–Trinajstić information content (AvgIpc) is 2.40. The molecule has 1 amide bonds. The molecule has 1 aromatic carbocycles. The van der Waals surface area contributed by atoms with Crippen LogP contribution in [-0.4, -0.2) is 16.9 Å². The summed E-state index contributed by atoms with van der Waals surface area (Å²) in [5.74, 6) is -0.234. The molecule has 0 heterocycles. The maximum Gasteiger partial charge on any atom is 0.284 e. The van der Waals surface area contributed by atoms with Crippen molar-refractivity contribution in [2.75, 3.05) is 0 Å². The van der Waals surface area contributed by atoms with Gasteiger partial charge in [0.05, 0.1) is 9.40 Å². The highest BCUT2D eigenvalue weighted by atomic mass is 79.9. The zero-order valence-corrected chi connectivity index (χ0v) is 12.0. The van der Waals surface area contributed by atoms with E-state index in [0.717, 1.165) is 25.7 Å². The fraction of sp³-hybridized carbons (Fsp3) is 0.462. The monoisotopic (exact) mass is 326 g/mol. The Hall–Kier alpha value is -1.43. The maximum atomic E-state index is 12.0. The van der Waals surface area contributed by atoms with E-state index < -0.39 is 4.92 Å². The molecule has 1 aliphatic rings. The van der Waals surface area contributed by atoms with Gasteiger partial charge >= 0.3 is 0 Å². The molecular formula is C13H15BrN2O3. The van der Waals surface area contributed by atoms with E-state index >= 15 is 0 Å². The molecule has 6 heteroatoms. The van der Waals surface area contributed by atoms with Crippen LogP contribution >= 0.6 is 15.9 Å². The molecular weight excluding hydrogens is 312 g/mol. The largest absolute Gasteiger partial charge is 0.349 e. The third-order valence-corrected chi connectivity index (χ3v) is 4.02. The van der Waals surface area contributed by atoms with Crippen molar-refractivity contribution in [1.82, 2.24) is 5.32 Å². The summed E-state index contributed by atoms with van der Waals surface area (Å²) in [4.78, 5) is 22.4. The first-order valence-electron chi connectivity index (χ1n) is 6.33. The van der Waals surface area contributed by atoms with Crippen LogP contribution in [0.4, 0.5) is 5.69 Å². The van der Waals surface area contributed by atoms with E-state index in [-0.39, 0.29) is 17.6 Å². The number of hydrogen-bond donors (Lipinski definition) is 1. The van der Waals surface area contributed by atoms with Gasteiger partial charge in [0.25, 0.3) is 11.6 Å². The highest BCUT2D eigenvalue weighted by Crippen LogP contribution is 2.26. The van der Waals surface area contributed by atoms with Crippen molar-refractivity contribution in [3.63, 3.8) is 0 Å². The topological polar surface area (TPSA) is 72.2 Å². The van der Waals surface area contributed by atoms with E-state index in [4.69, 9.17) is 0 Å². The summed E-state index contributed by atoms with van der Waals surface area (Å²) < 4.78 is 0.381. The van der Waals surface area contributed by atoms with Gasteiger partial charge in [-0.15, -0.1) is 0 Å².